The number of hydrogen-bond acceptors (Lipinski definition) is 1. The third-order valence-electron chi connectivity index (χ3n) is 3.07. The van der Waals surface area contributed by atoms with Crippen molar-refractivity contribution >= 4 is 6.21 Å². The van der Waals surface area contributed by atoms with Gasteiger partial charge in [0.05, 0.1) is 5.92 Å². The third-order valence-corrected chi connectivity index (χ3v) is 3.07. The summed E-state index contributed by atoms with van der Waals surface area (Å²) in [4.78, 5) is 4.00. The maximum absolute atomic E-state index is 5.41. The van der Waals surface area contributed by atoms with Crippen LogP contribution in [0.5, 0.6) is 0 Å². The molecule has 4 atom stereocenters. The van der Waals surface area contributed by atoms with E-state index in [1.54, 1.807) is 7.05 Å². The van der Waals surface area contributed by atoms with Gasteiger partial charge in [-0.1, -0.05) is 5.92 Å². The number of nitrogens with zero attached hydrogens (tertiary/aromatic N) is 1. The van der Waals surface area contributed by atoms with Crippen LogP contribution in [0.25, 0.3) is 0 Å². The van der Waals surface area contributed by atoms with Crippen LogP contribution in [0.4, 0.5) is 0 Å². The molecule has 11 heavy (non-hydrogen) atoms. The summed E-state index contributed by atoms with van der Waals surface area (Å²) in [5, 5.41) is 0. The minimum Gasteiger partial charge on any atom is -0.300 e. The van der Waals surface area contributed by atoms with Gasteiger partial charge in [-0.05, 0) is 30.6 Å². The average Bonchev–Trinajstić information content (AvgIpc) is 2.60. The second-order valence-electron chi connectivity index (χ2n) is 3.66. The Morgan fingerprint density at radius 2 is 2.45 bits per heavy atom. The molecule has 2 fully saturated rings. The van der Waals surface area contributed by atoms with Gasteiger partial charge in [-0.3, -0.25) is 4.99 Å². The van der Waals surface area contributed by atoms with Crippen LogP contribution >= 0.6 is 0 Å². The summed E-state index contributed by atoms with van der Waals surface area (Å²) in [6.45, 7) is 0. The molecule has 58 valence electrons. The highest BCUT2D eigenvalue weighted by atomic mass is 14.7. The summed E-state index contributed by atoms with van der Waals surface area (Å²) >= 11 is 0. The lowest BCUT2D eigenvalue weighted by molar-refractivity contribution is 0.266. The molecule has 0 radical (unpaired) electrons. The molecule has 0 aromatic heterocycles. The Labute approximate surface area is 67.9 Å². The number of terminal acetylenes is 1. The normalized spacial score (nSPS) is 42.4. The van der Waals surface area contributed by atoms with Gasteiger partial charge in [0.1, 0.15) is 0 Å². The van der Waals surface area contributed by atoms with E-state index in [2.05, 4.69) is 10.9 Å². The van der Waals surface area contributed by atoms with E-state index < -0.39 is 0 Å². The molecule has 0 spiro atoms. The number of hydrogen-bond donors (Lipinski definition) is 0. The zero-order valence-corrected chi connectivity index (χ0v) is 6.83. The highest BCUT2D eigenvalue weighted by Crippen LogP contribution is 2.61. The minimum atomic E-state index is 0.323. The van der Waals surface area contributed by atoms with Crippen LogP contribution in [-0.4, -0.2) is 13.3 Å². The first-order valence-electron chi connectivity index (χ1n) is 4.25. The molecule has 0 saturated heterocycles. The van der Waals surface area contributed by atoms with Gasteiger partial charge in [0.15, 0.2) is 0 Å². The van der Waals surface area contributed by atoms with Crippen molar-refractivity contribution in [3.8, 4) is 12.3 Å². The van der Waals surface area contributed by atoms with Crippen molar-refractivity contribution in [1.29, 1.82) is 0 Å². The Balaban J connectivity index is 1.96. The van der Waals surface area contributed by atoms with Crippen LogP contribution in [0.15, 0.2) is 4.99 Å². The van der Waals surface area contributed by atoms with Gasteiger partial charge in [0, 0.05) is 13.3 Å². The molecule has 4 unspecified atom stereocenters. The Morgan fingerprint density at radius 1 is 1.64 bits per heavy atom. The van der Waals surface area contributed by atoms with E-state index in [1.807, 2.05) is 6.21 Å². The molecule has 2 aliphatic carbocycles. The van der Waals surface area contributed by atoms with Crippen molar-refractivity contribution in [2.45, 2.75) is 12.8 Å². The smallest absolute Gasteiger partial charge is 0.0579 e. The maximum atomic E-state index is 5.41. The molecule has 0 aromatic rings. The lowest BCUT2D eigenvalue weighted by atomic mass is 9.76. The Morgan fingerprint density at radius 3 is 2.82 bits per heavy atom. The molecule has 2 saturated carbocycles. The zero-order valence-electron chi connectivity index (χ0n) is 6.83. The van der Waals surface area contributed by atoms with E-state index in [-0.39, 0.29) is 0 Å². The van der Waals surface area contributed by atoms with Gasteiger partial charge in [-0.25, -0.2) is 0 Å². The van der Waals surface area contributed by atoms with Gasteiger partial charge < -0.3 is 0 Å². The van der Waals surface area contributed by atoms with Crippen molar-refractivity contribution in [3.05, 3.63) is 0 Å². The number of fused-ring (bicyclic) bond motifs is 1. The molecule has 1 nitrogen and oxygen atoms in total. The highest BCUT2D eigenvalue weighted by molar-refractivity contribution is 5.65. The van der Waals surface area contributed by atoms with E-state index >= 15 is 0 Å². The van der Waals surface area contributed by atoms with Crippen molar-refractivity contribution in [2.24, 2.45) is 28.7 Å². The predicted molar refractivity (Wildman–Crippen MR) is 46.4 cm³/mol. The van der Waals surface area contributed by atoms with E-state index in [0.717, 1.165) is 17.8 Å². The second-order valence-corrected chi connectivity index (χ2v) is 3.66. The summed E-state index contributed by atoms with van der Waals surface area (Å²) in [5.74, 6) is 5.92. The molecular weight excluding hydrogens is 134 g/mol. The summed E-state index contributed by atoms with van der Waals surface area (Å²) in [5.41, 5.74) is 0. The first-order chi connectivity index (χ1) is 5.36. The Kier molecular flexibility index (Phi) is 1.49. The summed E-state index contributed by atoms with van der Waals surface area (Å²) < 4.78 is 0. The molecule has 2 rings (SSSR count). The fourth-order valence-corrected chi connectivity index (χ4v) is 2.25. The highest BCUT2D eigenvalue weighted by Gasteiger charge is 2.55. The van der Waals surface area contributed by atoms with Crippen LogP contribution in [-0.2, 0) is 0 Å². The van der Waals surface area contributed by atoms with Gasteiger partial charge >= 0.3 is 0 Å². The van der Waals surface area contributed by atoms with Gasteiger partial charge in [0.2, 0.25) is 0 Å². The SMILES string of the molecule is C#CC(/C=N/C)C1CC2CC21. The Hall–Kier alpha value is -0.770. The maximum Gasteiger partial charge on any atom is 0.0579 e. The quantitative estimate of drug-likeness (QED) is 0.415. The largest absolute Gasteiger partial charge is 0.300 e. The molecule has 0 N–H and O–H groups in total. The number of aliphatic imine (C=N–C) groups is 1. The lowest BCUT2D eigenvalue weighted by Crippen LogP contribution is -2.25. The van der Waals surface area contributed by atoms with Crippen LogP contribution in [0.2, 0.25) is 0 Å². The van der Waals surface area contributed by atoms with E-state index in [0.29, 0.717) is 5.92 Å². The van der Waals surface area contributed by atoms with E-state index in [1.165, 1.54) is 12.8 Å². The monoisotopic (exact) mass is 147 g/mol. The molecule has 0 aromatic carbocycles. The Bertz CT molecular complexity index is 224. The van der Waals surface area contributed by atoms with E-state index in [4.69, 9.17) is 6.42 Å². The standard InChI is InChI=1S/C10H13N/c1-3-7(6-11-2)9-4-8-5-10(8)9/h1,6-10H,4-5H2,2H3/b11-6+. The van der Waals surface area contributed by atoms with Gasteiger partial charge in [-0.2, -0.15) is 0 Å². The summed E-state index contributed by atoms with van der Waals surface area (Å²) in [7, 11) is 1.80. The molecule has 0 heterocycles. The van der Waals surface area contributed by atoms with Crippen molar-refractivity contribution in [2.75, 3.05) is 7.05 Å². The molecular formula is C10H13N. The minimum absolute atomic E-state index is 0.323. The lowest BCUT2D eigenvalue weighted by Gasteiger charge is -2.27. The van der Waals surface area contributed by atoms with Crippen molar-refractivity contribution < 1.29 is 0 Å². The fraction of sp³-hybridized carbons (Fsp3) is 0.700. The van der Waals surface area contributed by atoms with E-state index in [9.17, 15) is 0 Å². The first-order valence-corrected chi connectivity index (χ1v) is 4.25. The van der Waals surface area contributed by atoms with Crippen molar-refractivity contribution in [1.82, 2.24) is 0 Å². The topological polar surface area (TPSA) is 12.4 Å². The first kappa shape index (κ1) is 6.91. The molecule has 0 aliphatic heterocycles. The third kappa shape index (κ3) is 0.976. The van der Waals surface area contributed by atoms with Crippen LogP contribution in [0.1, 0.15) is 12.8 Å². The summed E-state index contributed by atoms with van der Waals surface area (Å²) in [6.07, 6.45) is 10.1. The van der Waals surface area contributed by atoms with Crippen molar-refractivity contribution in [3.63, 3.8) is 0 Å². The molecule has 0 amide bonds. The second kappa shape index (κ2) is 2.37. The van der Waals surface area contributed by atoms with Gasteiger partial charge in [0.25, 0.3) is 0 Å². The average molecular weight is 147 g/mol. The zero-order chi connectivity index (χ0) is 7.84. The van der Waals surface area contributed by atoms with Crippen LogP contribution < -0.4 is 0 Å². The molecule has 1 heteroatoms. The molecule has 0 bridgehead atoms. The van der Waals surface area contributed by atoms with Crippen LogP contribution in [0.3, 0.4) is 0 Å². The molecule has 2 aliphatic rings. The van der Waals surface area contributed by atoms with Crippen LogP contribution in [0, 0.1) is 36.0 Å². The predicted octanol–water partition coefficient (Wildman–Crippen LogP) is 1.59. The fourth-order valence-electron chi connectivity index (χ4n) is 2.25. The number of rotatable bonds is 2. The summed E-state index contributed by atoms with van der Waals surface area (Å²) in [6, 6.07) is 0. The van der Waals surface area contributed by atoms with Gasteiger partial charge in [-0.15, -0.1) is 6.42 Å².